The molecule has 1 aromatic heterocycles. The van der Waals surface area contributed by atoms with Crippen molar-refractivity contribution < 1.29 is 9.53 Å². The number of aryl methyl sites for hydroxylation is 1. The van der Waals surface area contributed by atoms with Gasteiger partial charge in [-0.15, -0.1) is 0 Å². The summed E-state index contributed by atoms with van der Waals surface area (Å²) in [5, 5.41) is 0.964. The van der Waals surface area contributed by atoms with Gasteiger partial charge in [-0.25, -0.2) is 9.78 Å². The number of pyridine rings is 1. The summed E-state index contributed by atoms with van der Waals surface area (Å²) in [7, 11) is 1.37. The molecule has 2 aromatic rings. The lowest BCUT2D eigenvalue weighted by molar-refractivity contribution is 0.0601. The number of carbonyl (C=O) groups excluding carboxylic acids is 1. The quantitative estimate of drug-likeness (QED) is 0.595. The zero-order chi connectivity index (χ0) is 11.7. The number of hydrogen-bond donors (Lipinski definition) is 0. The number of rotatable bonds is 1. The van der Waals surface area contributed by atoms with E-state index in [1.54, 1.807) is 12.1 Å². The lowest BCUT2D eigenvalue weighted by Gasteiger charge is -2.05. The number of ether oxygens (including phenoxy) is 1. The zero-order valence-electron chi connectivity index (χ0n) is 8.95. The minimum atomic E-state index is -0.329. The van der Waals surface area contributed by atoms with Gasteiger partial charge in [0.05, 0.1) is 18.2 Å². The van der Waals surface area contributed by atoms with Crippen molar-refractivity contribution in [1.29, 1.82) is 0 Å². The Balaban J connectivity index is 2.66. The minimum Gasteiger partial charge on any atom is -0.465 e. The first-order valence-corrected chi connectivity index (χ1v) is 5.56. The monoisotopic (exact) mass is 279 g/mol. The first kappa shape index (κ1) is 11.1. The average Bonchev–Trinajstić information content (AvgIpc) is 2.27. The number of hydrogen-bond acceptors (Lipinski definition) is 3. The van der Waals surface area contributed by atoms with Gasteiger partial charge in [0.2, 0.25) is 0 Å². The number of nitrogens with zero attached hydrogens (tertiary/aromatic N) is 1. The van der Waals surface area contributed by atoms with Crippen LogP contribution in [0, 0.1) is 6.92 Å². The standard InChI is InChI=1S/C12H10BrNO2/c1-7-5-11(13)14-10-4-3-8(6-9(7)10)12(15)16-2/h3-6H,1-2H3. The van der Waals surface area contributed by atoms with Gasteiger partial charge in [-0.3, -0.25) is 0 Å². The van der Waals surface area contributed by atoms with E-state index in [1.807, 2.05) is 19.1 Å². The van der Waals surface area contributed by atoms with Crippen LogP contribution in [0.5, 0.6) is 0 Å². The smallest absolute Gasteiger partial charge is 0.337 e. The van der Waals surface area contributed by atoms with Crippen molar-refractivity contribution in [3.05, 3.63) is 40.0 Å². The average molecular weight is 280 g/mol. The number of esters is 1. The topological polar surface area (TPSA) is 39.2 Å². The Labute approximate surface area is 102 Å². The van der Waals surface area contributed by atoms with Gasteiger partial charge in [0.15, 0.2) is 0 Å². The maximum absolute atomic E-state index is 11.4. The summed E-state index contributed by atoms with van der Waals surface area (Å²) < 4.78 is 5.47. The van der Waals surface area contributed by atoms with E-state index in [1.165, 1.54) is 7.11 Å². The van der Waals surface area contributed by atoms with Crippen molar-refractivity contribution >= 4 is 32.8 Å². The molecule has 16 heavy (non-hydrogen) atoms. The van der Waals surface area contributed by atoms with E-state index < -0.39 is 0 Å². The van der Waals surface area contributed by atoms with Crippen molar-refractivity contribution in [2.75, 3.05) is 7.11 Å². The SMILES string of the molecule is COC(=O)c1ccc2nc(Br)cc(C)c2c1. The fourth-order valence-electron chi connectivity index (χ4n) is 1.60. The first-order chi connectivity index (χ1) is 7.61. The molecular formula is C12H10BrNO2. The highest BCUT2D eigenvalue weighted by Gasteiger charge is 2.08. The van der Waals surface area contributed by atoms with Crippen LogP contribution in [0.4, 0.5) is 0 Å². The van der Waals surface area contributed by atoms with Crippen molar-refractivity contribution in [3.63, 3.8) is 0 Å². The highest BCUT2D eigenvalue weighted by Crippen LogP contribution is 2.22. The Morgan fingerprint density at radius 1 is 1.38 bits per heavy atom. The molecule has 0 saturated carbocycles. The molecule has 0 unspecified atom stereocenters. The number of fused-ring (bicyclic) bond motifs is 1. The van der Waals surface area contributed by atoms with Gasteiger partial charge in [-0.2, -0.15) is 0 Å². The van der Waals surface area contributed by atoms with Crippen LogP contribution in [0.2, 0.25) is 0 Å². The summed E-state index contributed by atoms with van der Waals surface area (Å²) in [6, 6.07) is 7.26. The molecule has 4 heteroatoms. The Hall–Kier alpha value is -1.42. The van der Waals surface area contributed by atoms with Crippen LogP contribution in [0.1, 0.15) is 15.9 Å². The number of aromatic nitrogens is 1. The maximum atomic E-state index is 11.4. The van der Waals surface area contributed by atoms with E-state index in [0.29, 0.717) is 5.56 Å². The predicted molar refractivity (Wildman–Crippen MR) is 65.5 cm³/mol. The van der Waals surface area contributed by atoms with Gasteiger partial charge in [-0.1, -0.05) is 0 Å². The molecule has 0 radical (unpaired) electrons. The summed E-state index contributed by atoms with van der Waals surface area (Å²) >= 11 is 3.34. The van der Waals surface area contributed by atoms with Gasteiger partial charge in [0.1, 0.15) is 4.60 Å². The summed E-state index contributed by atoms with van der Waals surface area (Å²) in [4.78, 5) is 15.7. The van der Waals surface area contributed by atoms with E-state index in [-0.39, 0.29) is 5.97 Å². The van der Waals surface area contributed by atoms with Crippen LogP contribution in [0.15, 0.2) is 28.9 Å². The Kier molecular flexibility index (Phi) is 2.92. The lowest BCUT2D eigenvalue weighted by atomic mass is 10.1. The summed E-state index contributed by atoms with van der Waals surface area (Å²) in [5.41, 5.74) is 2.48. The van der Waals surface area contributed by atoms with E-state index in [2.05, 4.69) is 25.7 Å². The molecule has 0 bridgehead atoms. The third kappa shape index (κ3) is 1.93. The fraction of sp³-hybridized carbons (Fsp3) is 0.167. The summed E-state index contributed by atoms with van der Waals surface area (Å²) in [5.74, 6) is -0.329. The highest BCUT2D eigenvalue weighted by atomic mass is 79.9. The van der Waals surface area contributed by atoms with Crippen molar-refractivity contribution in [2.45, 2.75) is 6.92 Å². The number of benzene rings is 1. The van der Waals surface area contributed by atoms with Crippen LogP contribution in [0.25, 0.3) is 10.9 Å². The van der Waals surface area contributed by atoms with Gasteiger partial charge in [-0.05, 0) is 52.7 Å². The van der Waals surface area contributed by atoms with Gasteiger partial charge >= 0.3 is 5.97 Å². The number of methoxy groups -OCH3 is 1. The molecule has 0 N–H and O–H groups in total. The van der Waals surface area contributed by atoms with Gasteiger partial charge in [0, 0.05) is 5.39 Å². The Bertz CT molecular complexity index is 566. The normalized spacial score (nSPS) is 10.4. The molecule has 1 heterocycles. The Morgan fingerprint density at radius 2 is 2.12 bits per heavy atom. The van der Waals surface area contributed by atoms with Gasteiger partial charge in [0.25, 0.3) is 0 Å². The zero-order valence-corrected chi connectivity index (χ0v) is 10.5. The van der Waals surface area contributed by atoms with E-state index in [0.717, 1.165) is 21.1 Å². The Morgan fingerprint density at radius 3 is 2.81 bits per heavy atom. The van der Waals surface area contributed by atoms with Crippen LogP contribution in [-0.2, 0) is 4.74 Å². The molecule has 3 nitrogen and oxygen atoms in total. The molecule has 0 spiro atoms. The second-order valence-corrected chi connectivity index (χ2v) is 4.30. The highest BCUT2D eigenvalue weighted by molar-refractivity contribution is 9.10. The first-order valence-electron chi connectivity index (χ1n) is 4.77. The van der Waals surface area contributed by atoms with Crippen LogP contribution in [0.3, 0.4) is 0 Å². The van der Waals surface area contributed by atoms with Crippen molar-refractivity contribution in [2.24, 2.45) is 0 Å². The van der Waals surface area contributed by atoms with Crippen molar-refractivity contribution in [3.8, 4) is 0 Å². The third-order valence-electron chi connectivity index (χ3n) is 2.41. The lowest BCUT2D eigenvalue weighted by Crippen LogP contribution is -2.01. The second-order valence-electron chi connectivity index (χ2n) is 3.49. The molecule has 0 atom stereocenters. The van der Waals surface area contributed by atoms with Crippen LogP contribution in [-0.4, -0.2) is 18.1 Å². The molecule has 82 valence electrons. The molecule has 0 aliphatic heterocycles. The molecule has 2 rings (SSSR count). The largest absolute Gasteiger partial charge is 0.465 e. The fourth-order valence-corrected chi connectivity index (χ4v) is 2.13. The predicted octanol–water partition coefficient (Wildman–Crippen LogP) is 3.09. The molecule has 0 amide bonds. The van der Waals surface area contributed by atoms with E-state index in [4.69, 9.17) is 0 Å². The van der Waals surface area contributed by atoms with E-state index in [9.17, 15) is 4.79 Å². The van der Waals surface area contributed by atoms with Crippen molar-refractivity contribution in [1.82, 2.24) is 4.98 Å². The number of carbonyl (C=O) groups is 1. The summed E-state index contributed by atoms with van der Waals surface area (Å²) in [6.07, 6.45) is 0. The minimum absolute atomic E-state index is 0.329. The molecule has 0 aliphatic carbocycles. The second kappa shape index (κ2) is 4.22. The van der Waals surface area contributed by atoms with Gasteiger partial charge < -0.3 is 4.74 Å². The maximum Gasteiger partial charge on any atom is 0.337 e. The molecule has 0 fully saturated rings. The molecule has 0 aliphatic rings. The third-order valence-corrected chi connectivity index (χ3v) is 2.81. The summed E-state index contributed by atoms with van der Waals surface area (Å²) in [6.45, 7) is 1.98. The van der Waals surface area contributed by atoms with E-state index >= 15 is 0 Å². The van der Waals surface area contributed by atoms with Crippen LogP contribution >= 0.6 is 15.9 Å². The molecular weight excluding hydrogens is 270 g/mol. The number of halogens is 1. The molecule has 0 saturated heterocycles. The van der Waals surface area contributed by atoms with Crippen LogP contribution < -0.4 is 0 Å². The molecule has 1 aromatic carbocycles.